The van der Waals surface area contributed by atoms with Crippen LogP contribution in [-0.2, 0) is 6.42 Å². The van der Waals surface area contributed by atoms with Crippen molar-refractivity contribution < 1.29 is 0 Å². The lowest BCUT2D eigenvalue weighted by Crippen LogP contribution is -2.28. The van der Waals surface area contributed by atoms with Crippen molar-refractivity contribution in [2.75, 3.05) is 25.5 Å². The van der Waals surface area contributed by atoms with E-state index < -0.39 is 0 Å². The fourth-order valence-corrected chi connectivity index (χ4v) is 3.64. The number of pyridine rings is 2. The van der Waals surface area contributed by atoms with E-state index in [4.69, 9.17) is 5.26 Å². The van der Waals surface area contributed by atoms with Gasteiger partial charge in [-0.3, -0.25) is 9.78 Å². The number of rotatable bonds is 12. The van der Waals surface area contributed by atoms with Crippen molar-refractivity contribution in [3.05, 3.63) is 113 Å². The first-order valence-corrected chi connectivity index (χ1v) is 11.2. The summed E-state index contributed by atoms with van der Waals surface area (Å²) in [4.78, 5) is 19.2. The lowest BCUT2D eigenvalue weighted by molar-refractivity contribution is 0.502. The third-order valence-corrected chi connectivity index (χ3v) is 5.41. The SMILES string of the molecule is C=C/C(=C\NC)c1cncc(NCCC(NCCc2ccc(C#N)cc2)c2cccc(=O)[nH]2)c1. The molecule has 0 saturated carbocycles. The van der Waals surface area contributed by atoms with Gasteiger partial charge in [0.1, 0.15) is 0 Å². The molecule has 0 aliphatic heterocycles. The number of nitrogens with one attached hydrogen (secondary N) is 4. The highest BCUT2D eigenvalue weighted by Gasteiger charge is 2.12. The smallest absolute Gasteiger partial charge is 0.248 e. The molecule has 0 radical (unpaired) electrons. The van der Waals surface area contributed by atoms with Gasteiger partial charge in [0.05, 0.1) is 17.3 Å². The van der Waals surface area contributed by atoms with E-state index in [1.54, 1.807) is 24.5 Å². The van der Waals surface area contributed by atoms with Gasteiger partial charge in [0.2, 0.25) is 5.56 Å². The lowest BCUT2D eigenvalue weighted by atomic mass is 10.1. The van der Waals surface area contributed by atoms with Crippen LogP contribution in [0.15, 0.2) is 84.6 Å². The molecule has 4 N–H and O–H groups in total. The molecular weight excluding hydrogens is 424 g/mol. The van der Waals surface area contributed by atoms with Crippen LogP contribution in [0.2, 0.25) is 0 Å². The summed E-state index contributed by atoms with van der Waals surface area (Å²) >= 11 is 0. The molecule has 3 aromatic rings. The Balaban J connectivity index is 1.63. The molecule has 0 aliphatic rings. The van der Waals surface area contributed by atoms with Crippen molar-refractivity contribution in [1.82, 2.24) is 20.6 Å². The van der Waals surface area contributed by atoms with Gasteiger partial charge in [-0.1, -0.05) is 30.9 Å². The number of anilines is 1. The number of hydrogen-bond donors (Lipinski definition) is 4. The van der Waals surface area contributed by atoms with Crippen molar-refractivity contribution in [1.29, 1.82) is 5.26 Å². The summed E-state index contributed by atoms with van der Waals surface area (Å²) in [7, 11) is 1.85. The molecule has 0 amide bonds. The van der Waals surface area contributed by atoms with E-state index in [2.05, 4.69) is 38.6 Å². The Bertz CT molecular complexity index is 1210. The van der Waals surface area contributed by atoms with Crippen molar-refractivity contribution in [2.45, 2.75) is 18.9 Å². The highest BCUT2D eigenvalue weighted by Crippen LogP contribution is 2.19. The molecule has 1 atom stereocenters. The maximum atomic E-state index is 11.9. The molecular formula is C27H30N6O. The van der Waals surface area contributed by atoms with Gasteiger partial charge < -0.3 is 20.9 Å². The molecule has 1 unspecified atom stereocenters. The Morgan fingerprint density at radius 3 is 2.74 bits per heavy atom. The normalized spacial score (nSPS) is 11.9. The Morgan fingerprint density at radius 1 is 1.21 bits per heavy atom. The molecule has 3 rings (SSSR count). The zero-order chi connectivity index (χ0) is 24.2. The minimum atomic E-state index is -0.116. The van der Waals surface area contributed by atoms with E-state index in [0.717, 1.165) is 47.5 Å². The predicted molar refractivity (Wildman–Crippen MR) is 137 cm³/mol. The number of aromatic nitrogens is 2. The van der Waals surface area contributed by atoms with Gasteiger partial charge in [0, 0.05) is 55.6 Å². The van der Waals surface area contributed by atoms with Gasteiger partial charge >= 0.3 is 0 Å². The number of nitriles is 1. The monoisotopic (exact) mass is 454 g/mol. The number of benzene rings is 1. The molecule has 0 saturated heterocycles. The molecule has 0 bridgehead atoms. The van der Waals surface area contributed by atoms with Crippen LogP contribution in [0, 0.1) is 11.3 Å². The van der Waals surface area contributed by atoms with Crippen LogP contribution in [0.1, 0.15) is 34.8 Å². The van der Waals surface area contributed by atoms with E-state index in [0.29, 0.717) is 12.1 Å². The second-order valence-electron chi connectivity index (χ2n) is 7.81. The third-order valence-electron chi connectivity index (χ3n) is 5.41. The minimum absolute atomic E-state index is 0.0242. The van der Waals surface area contributed by atoms with Crippen molar-refractivity contribution >= 4 is 11.3 Å². The lowest BCUT2D eigenvalue weighted by Gasteiger charge is -2.20. The molecule has 0 aliphatic carbocycles. The highest BCUT2D eigenvalue weighted by molar-refractivity contribution is 5.74. The zero-order valence-electron chi connectivity index (χ0n) is 19.3. The standard InChI is InChI=1S/C27H30N6O/c1-3-22(17-29-2)23-15-24(19-30-18-23)31-14-12-25(26-5-4-6-27(34)33-26)32-13-11-20-7-9-21(16-28)10-8-20/h3-10,15,17-19,25,29,31-32H,1,11-14H2,2H3,(H,33,34)/b22-17+. The quantitative estimate of drug-likeness (QED) is 0.311. The van der Waals surface area contributed by atoms with Crippen LogP contribution in [0.3, 0.4) is 0 Å². The Morgan fingerprint density at radius 2 is 2.03 bits per heavy atom. The summed E-state index contributed by atoms with van der Waals surface area (Å²) in [6, 6.07) is 17.0. The molecule has 2 aromatic heterocycles. The van der Waals surface area contributed by atoms with E-state index >= 15 is 0 Å². The Labute approximate surface area is 200 Å². The van der Waals surface area contributed by atoms with Gasteiger partial charge in [-0.05, 0) is 54.8 Å². The first-order valence-electron chi connectivity index (χ1n) is 11.2. The van der Waals surface area contributed by atoms with Gasteiger partial charge in [-0.25, -0.2) is 0 Å². The van der Waals surface area contributed by atoms with Gasteiger partial charge in [-0.15, -0.1) is 0 Å². The van der Waals surface area contributed by atoms with Crippen molar-refractivity contribution in [3.63, 3.8) is 0 Å². The number of allylic oxidation sites excluding steroid dienone is 2. The summed E-state index contributed by atoms with van der Waals surface area (Å²) in [5, 5.41) is 19.0. The van der Waals surface area contributed by atoms with Crippen molar-refractivity contribution in [3.8, 4) is 6.07 Å². The van der Waals surface area contributed by atoms with E-state index in [1.807, 2.05) is 49.6 Å². The minimum Gasteiger partial charge on any atom is -0.393 e. The summed E-state index contributed by atoms with van der Waals surface area (Å²) in [6.07, 6.45) is 8.85. The maximum absolute atomic E-state index is 11.9. The molecule has 0 fully saturated rings. The van der Waals surface area contributed by atoms with E-state index in [1.165, 1.54) is 6.07 Å². The van der Waals surface area contributed by atoms with Gasteiger partial charge in [0.15, 0.2) is 0 Å². The van der Waals surface area contributed by atoms with Crippen LogP contribution in [0.5, 0.6) is 0 Å². The van der Waals surface area contributed by atoms with Crippen molar-refractivity contribution in [2.24, 2.45) is 0 Å². The maximum Gasteiger partial charge on any atom is 0.248 e. The molecule has 1 aromatic carbocycles. The first kappa shape index (κ1) is 24.5. The molecule has 7 heteroatoms. The number of H-pyrrole nitrogens is 1. The van der Waals surface area contributed by atoms with Crippen LogP contribution < -0.4 is 21.5 Å². The van der Waals surface area contributed by atoms with Crippen LogP contribution >= 0.6 is 0 Å². The molecule has 2 heterocycles. The second kappa shape index (κ2) is 12.8. The number of aromatic amines is 1. The summed E-state index contributed by atoms with van der Waals surface area (Å²) in [5.41, 5.74) is 5.39. The largest absolute Gasteiger partial charge is 0.393 e. The highest BCUT2D eigenvalue weighted by atomic mass is 16.1. The Hall–Kier alpha value is -4.15. The summed E-state index contributed by atoms with van der Waals surface area (Å²) in [6.45, 7) is 5.29. The summed E-state index contributed by atoms with van der Waals surface area (Å²) in [5.74, 6) is 0. The van der Waals surface area contributed by atoms with Crippen LogP contribution in [0.4, 0.5) is 5.69 Å². The molecule has 34 heavy (non-hydrogen) atoms. The average molecular weight is 455 g/mol. The van der Waals surface area contributed by atoms with Crippen LogP contribution in [0.25, 0.3) is 5.57 Å². The number of hydrogen-bond acceptors (Lipinski definition) is 6. The second-order valence-corrected chi connectivity index (χ2v) is 7.81. The topological polar surface area (TPSA) is 106 Å². The number of nitrogens with zero attached hydrogens (tertiary/aromatic N) is 2. The molecule has 7 nitrogen and oxygen atoms in total. The average Bonchev–Trinajstić information content (AvgIpc) is 2.87. The third kappa shape index (κ3) is 7.19. The first-order chi connectivity index (χ1) is 16.6. The fourth-order valence-electron chi connectivity index (χ4n) is 3.64. The summed E-state index contributed by atoms with van der Waals surface area (Å²) < 4.78 is 0. The van der Waals surface area contributed by atoms with E-state index in [-0.39, 0.29) is 11.6 Å². The zero-order valence-corrected chi connectivity index (χ0v) is 19.3. The fraction of sp³-hybridized carbons (Fsp3) is 0.222. The van der Waals surface area contributed by atoms with E-state index in [9.17, 15) is 4.79 Å². The predicted octanol–water partition coefficient (Wildman–Crippen LogP) is 3.76. The molecule has 0 spiro atoms. The Kier molecular flexibility index (Phi) is 9.20. The van der Waals surface area contributed by atoms with Gasteiger partial charge in [0.25, 0.3) is 0 Å². The van der Waals surface area contributed by atoms with Gasteiger partial charge in [-0.2, -0.15) is 5.26 Å². The van der Waals surface area contributed by atoms with Crippen LogP contribution in [-0.4, -0.2) is 30.1 Å². The molecule has 174 valence electrons.